The second-order valence-electron chi connectivity index (χ2n) is 4.91. The van der Waals surface area contributed by atoms with Crippen molar-refractivity contribution < 1.29 is 0 Å². The van der Waals surface area contributed by atoms with Gasteiger partial charge in [0.15, 0.2) is 0 Å². The number of aromatic nitrogens is 1. The van der Waals surface area contributed by atoms with Crippen LogP contribution in [-0.4, -0.2) is 35.6 Å². The van der Waals surface area contributed by atoms with Crippen LogP contribution in [0.4, 0.5) is 0 Å². The Kier molecular flexibility index (Phi) is 4.95. The molecule has 0 amide bonds. The average molecular weight is 253 g/mol. The molecule has 1 aliphatic heterocycles. The van der Waals surface area contributed by atoms with Gasteiger partial charge in [-0.2, -0.15) is 0 Å². The molecule has 1 fully saturated rings. The molecule has 1 saturated heterocycles. The molecule has 1 atom stereocenters. The minimum atomic E-state index is 0.621. The lowest BCUT2D eigenvalue weighted by atomic mass is 9.90. The topological polar surface area (TPSA) is 28.2 Å². The predicted octanol–water partition coefficient (Wildman–Crippen LogP) is 2.35. The van der Waals surface area contributed by atoms with Gasteiger partial charge in [0.25, 0.3) is 0 Å². The second-order valence-corrected chi connectivity index (χ2v) is 5.88. The van der Waals surface area contributed by atoms with Gasteiger partial charge in [-0.15, -0.1) is 11.3 Å². The maximum Gasteiger partial charge on any atom is 0.0794 e. The van der Waals surface area contributed by atoms with Crippen molar-refractivity contribution in [3.63, 3.8) is 0 Å². The van der Waals surface area contributed by atoms with Crippen molar-refractivity contribution in [1.29, 1.82) is 0 Å². The summed E-state index contributed by atoms with van der Waals surface area (Å²) in [5.74, 6) is 0.839. The predicted molar refractivity (Wildman–Crippen MR) is 73.3 cm³/mol. The number of hydrogen-bond acceptors (Lipinski definition) is 4. The lowest BCUT2D eigenvalue weighted by molar-refractivity contribution is 0.168. The summed E-state index contributed by atoms with van der Waals surface area (Å²) in [6.07, 6.45) is 4.64. The van der Waals surface area contributed by atoms with E-state index in [1.54, 1.807) is 11.3 Å². The molecule has 2 rings (SSSR count). The number of nitrogens with zero attached hydrogens (tertiary/aromatic N) is 2. The first kappa shape index (κ1) is 13.0. The molecule has 2 heterocycles. The van der Waals surface area contributed by atoms with E-state index in [0.29, 0.717) is 6.04 Å². The van der Waals surface area contributed by atoms with Crippen molar-refractivity contribution in [3.8, 4) is 0 Å². The molecule has 0 spiro atoms. The van der Waals surface area contributed by atoms with Gasteiger partial charge in [0.1, 0.15) is 0 Å². The first-order valence-electron chi connectivity index (χ1n) is 6.62. The zero-order chi connectivity index (χ0) is 12.1. The Hall–Kier alpha value is -0.450. The molecule has 1 N–H and O–H groups in total. The average Bonchev–Trinajstić information content (AvgIpc) is 2.89. The molecule has 96 valence electrons. The van der Waals surface area contributed by atoms with Crippen LogP contribution in [0.2, 0.25) is 0 Å². The molecule has 3 nitrogen and oxygen atoms in total. The van der Waals surface area contributed by atoms with E-state index in [2.05, 4.69) is 29.0 Å². The fourth-order valence-electron chi connectivity index (χ4n) is 2.53. The highest BCUT2D eigenvalue weighted by molar-refractivity contribution is 7.09. The molecule has 17 heavy (non-hydrogen) atoms. The van der Waals surface area contributed by atoms with E-state index in [4.69, 9.17) is 0 Å². The molecule has 0 saturated carbocycles. The van der Waals surface area contributed by atoms with Crippen LogP contribution in [0, 0.1) is 5.92 Å². The standard InChI is InChI=1S/C13H23N3S/c1-3-16-6-4-12(5-7-16)11(2)15-9-13-8-14-10-17-13/h8,10-12,15H,3-7,9H2,1-2H3. The molecule has 1 unspecified atom stereocenters. The van der Waals surface area contributed by atoms with E-state index in [1.165, 1.54) is 37.4 Å². The van der Waals surface area contributed by atoms with Gasteiger partial charge in [0.2, 0.25) is 0 Å². The van der Waals surface area contributed by atoms with Gasteiger partial charge >= 0.3 is 0 Å². The number of hydrogen-bond donors (Lipinski definition) is 1. The van der Waals surface area contributed by atoms with Crippen LogP contribution in [0.25, 0.3) is 0 Å². The molecular formula is C13H23N3S. The van der Waals surface area contributed by atoms with Gasteiger partial charge in [-0.05, 0) is 45.3 Å². The molecule has 0 aliphatic carbocycles. The Balaban J connectivity index is 1.71. The van der Waals surface area contributed by atoms with E-state index in [0.717, 1.165) is 12.5 Å². The monoisotopic (exact) mass is 253 g/mol. The largest absolute Gasteiger partial charge is 0.309 e. The van der Waals surface area contributed by atoms with Crippen LogP contribution in [0.1, 0.15) is 31.6 Å². The molecule has 1 aliphatic rings. The Labute approximate surface area is 108 Å². The maximum absolute atomic E-state index is 4.11. The van der Waals surface area contributed by atoms with Crippen LogP contribution in [0.3, 0.4) is 0 Å². The lowest BCUT2D eigenvalue weighted by Crippen LogP contribution is -2.41. The summed E-state index contributed by atoms with van der Waals surface area (Å²) < 4.78 is 0. The molecule has 0 radical (unpaired) electrons. The van der Waals surface area contributed by atoms with Crippen molar-refractivity contribution in [2.75, 3.05) is 19.6 Å². The summed E-state index contributed by atoms with van der Waals surface area (Å²) in [7, 11) is 0. The van der Waals surface area contributed by atoms with Crippen molar-refractivity contribution in [1.82, 2.24) is 15.2 Å². The maximum atomic E-state index is 4.11. The van der Waals surface area contributed by atoms with E-state index in [-0.39, 0.29) is 0 Å². The Morgan fingerprint density at radius 2 is 2.29 bits per heavy atom. The minimum Gasteiger partial charge on any atom is -0.309 e. The summed E-state index contributed by atoms with van der Waals surface area (Å²) in [4.78, 5) is 7.99. The van der Waals surface area contributed by atoms with Crippen molar-refractivity contribution in [3.05, 3.63) is 16.6 Å². The van der Waals surface area contributed by atoms with Gasteiger partial charge in [0, 0.05) is 23.7 Å². The van der Waals surface area contributed by atoms with Gasteiger partial charge < -0.3 is 10.2 Å². The third kappa shape index (κ3) is 3.76. The second kappa shape index (κ2) is 6.47. The highest BCUT2D eigenvalue weighted by atomic mass is 32.1. The Morgan fingerprint density at radius 3 is 2.88 bits per heavy atom. The summed E-state index contributed by atoms with van der Waals surface area (Å²) in [5.41, 5.74) is 1.90. The van der Waals surface area contributed by atoms with Gasteiger partial charge in [-0.3, -0.25) is 4.98 Å². The molecule has 4 heteroatoms. The fourth-order valence-corrected chi connectivity index (χ4v) is 3.07. The van der Waals surface area contributed by atoms with Crippen LogP contribution in [0.5, 0.6) is 0 Å². The zero-order valence-electron chi connectivity index (χ0n) is 10.9. The van der Waals surface area contributed by atoms with Gasteiger partial charge in [-0.25, -0.2) is 0 Å². The van der Waals surface area contributed by atoms with Crippen LogP contribution in [0.15, 0.2) is 11.7 Å². The SMILES string of the molecule is CCN1CCC(C(C)NCc2cncs2)CC1. The third-order valence-corrected chi connectivity index (χ3v) is 4.65. The molecular weight excluding hydrogens is 230 g/mol. The highest BCUT2D eigenvalue weighted by Crippen LogP contribution is 2.20. The van der Waals surface area contributed by atoms with E-state index >= 15 is 0 Å². The first-order valence-corrected chi connectivity index (χ1v) is 7.50. The normalized spacial score (nSPS) is 20.6. The number of nitrogens with one attached hydrogen (secondary N) is 1. The van der Waals surface area contributed by atoms with E-state index in [9.17, 15) is 0 Å². The van der Waals surface area contributed by atoms with E-state index in [1.807, 2.05) is 11.7 Å². The fraction of sp³-hybridized carbons (Fsp3) is 0.769. The van der Waals surface area contributed by atoms with Gasteiger partial charge in [0.05, 0.1) is 5.51 Å². The van der Waals surface area contributed by atoms with Crippen molar-refractivity contribution in [2.24, 2.45) is 5.92 Å². The van der Waals surface area contributed by atoms with Crippen molar-refractivity contribution in [2.45, 2.75) is 39.3 Å². The molecule has 1 aromatic rings. The third-order valence-electron chi connectivity index (χ3n) is 3.87. The number of thiazole rings is 1. The summed E-state index contributed by atoms with van der Waals surface area (Å²) in [5, 5.41) is 3.64. The Morgan fingerprint density at radius 1 is 1.53 bits per heavy atom. The smallest absolute Gasteiger partial charge is 0.0794 e. The summed E-state index contributed by atoms with van der Waals surface area (Å²) in [6, 6.07) is 0.621. The number of piperidine rings is 1. The molecule has 0 aromatic carbocycles. The number of rotatable bonds is 5. The Bertz CT molecular complexity index is 304. The lowest BCUT2D eigenvalue weighted by Gasteiger charge is -2.34. The van der Waals surface area contributed by atoms with Gasteiger partial charge in [-0.1, -0.05) is 6.92 Å². The van der Waals surface area contributed by atoms with Crippen LogP contribution in [-0.2, 0) is 6.54 Å². The summed E-state index contributed by atoms with van der Waals surface area (Å²) >= 11 is 1.73. The van der Waals surface area contributed by atoms with Crippen LogP contribution < -0.4 is 5.32 Å². The number of likely N-dealkylation sites (tertiary alicyclic amines) is 1. The zero-order valence-corrected chi connectivity index (χ0v) is 11.7. The molecule has 1 aromatic heterocycles. The first-order chi connectivity index (χ1) is 8.29. The van der Waals surface area contributed by atoms with Crippen LogP contribution >= 0.6 is 11.3 Å². The van der Waals surface area contributed by atoms with Crippen molar-refractivity contribution >= 4 is 11.3 Å². The van der Waals surface area contributed by atoms with E-state index < -0.39 is 0 Å². The quantitative estimate of drug-likeness (QED) is 0.873. The highest BCUT2D eigenvalue weighted by Gasteiger charge is 2.22. The minimum absolute atomic E-state index is 0.621. The molecule has 0 bridgehead atoms. The summed E-state index contributed by atoms with van der Waals surface area (Å²) in [6.45, 7) is 9.30.